The van der Waals surface area contributed by atoms with Gasteiger partial charge in [0.25, 0.3) is 5.56 Å². The number of aromatic nitrogens is 2. The van der Waals surface area contributed by atoms with Gasteiger partial charge in [0, 0.05) is 12.0 Å². The number of benzene rings is 1. The average molecular weight is 412 g/mol. The summed E-state index contributed by atoms with van der Waals surface area (Å²) in [7, 11) is 0. The number of nitrogens with zero attached hydrogens (tertiary/aromatic N) is 2. The van der Waals surface area contributed by atoms with Gasteiger partial charge in [-0.05, 0) is 32.0 Å². The second kappa shape index (κ2) is 8.02. The quantitative estimate of drug-likeness (QED) is 0.464. The first-order chi connectivity index (χ1) is 14.5. The fourth-order valence-electron chi connectivity index (χ4n) is 3.28. The van der Waals surface area contributed by atoms with Crippen LogP contribution in [0.1, 0.15) is 39.8 Å². The summed E-state index contributed by atoms with van der Waals surface area (Å²) in [6.45, 7) is 4.17. The summed E-state index contributed by atoms with van der Waals surface area (Å²) in [5.41, 5.74) is -0.121. The number of carbonyl (C=O) groups excluding carboxylic acids is 2. The fourth-order valence-corrected chi connectivity index (χ4v) is 3.28. The van der Waals surface area contributed by atoms with Gasteiger partial charge >= 0.3 is 5.97 Å². The van der Waals surface area contributed by atoms with Crippen molar-refractivity contribution in [3.05, 3.63) is 51.8 Å². The van der Waals surface area contributed by atoms with Crippen LogP contribution in [0.4, 0.5) is 0 Å². The van der Waals surface area contributed by atoms with Crippen molar-refractivity contribution in [1.29, 1.82) is 0 Å². The van der Waals surface area contributed by atoms with E-state index >= 15 is 0 Å². The molecule has 1 aromatic carbocycles. The minimum atomic E-state index is -0.667. The molecule has 0 N–H and O–H groups in total. The molecule has 156 valence electrons. The van der Waals surface area contributed by atoms with Gasteiger partial charge in [0.15, 0.2) is 17.3 Å². The summed E-state index contributed by atoms with van der Waals surface area (Å²) in [4.78, 5) is 42.1. The van der Waals surface area contributed by atoms with Gasteiger partial charge in [0.1, 0.15) is 23.0 Å². The molecule has 0 saturated carbocycles. The van der Waals surface area contributed by atoms with Crippen LogP contribution in [0.2, 0.25) is 0 Å². The van der Waals surface area contributed by atoms with Crippen LogP contribution < -0.4 is 15.0 Å². The molecular formula is C21H20N2O7. The van der Waals surface area contributed by atoms with E-state index in [1.807, 2.05) is 0 Å². The lowest BCUT2D eigenvalue weighted by Crippen LogP contribution is -2.25. The highest BCUT2D eigenvalue weighted by atomic mass is 16.5. The Labute approximate surface area is 171 Å². The van der Waals surface area contributed by atoms with Crippen molar-refractivity contribution < 1.29 is 28.2 Å². The third-order valence-electron chi connectivity index (χ3n) is 4.72. The van der Waals surface area contributed by atoms with Gasteiger partial charge in [-0.3, -0.25) is 14.2 Å². The number of esters is 1. The number of ether oxygens (including phenoxy) is 3. The number of Topliss-reactive ketones (excluding diaryl/α,β-unsaturated/α-hetero) is 1. The molecule has 9 heteroatoms. The Morgan fingerprint density at radius 3 is 2.73 bits per heavy atom. The molecule has 3 heterocycles. The van der Waals surface area contributed by atoms with Crippen molar-refractivity contribution in [2.45, 2.75) is 26.8 Å². The molecule has 0 saturated heterocycles. The molecule has 1 aliphatic rings. The first-order valence-electron chi connectivity index (χ1n) is 9.58. The molecule has 0 spiro atoms. The predicted molar refractivity (Wildman–Crippen MR) is 105 cm³/mol. The average Bonchev–Trinajstić information content (AvgIpc) is 2.91. The first-order valence-corrected chi connectivity index (χ1v) is 9.58. The summed E-state index contributed by atoms with van der Waals surface area (Å²) in [5.74, 6) is 0.332. The first kappa shape index (κ1) is 19.7. The van der Waals surface area contributed by atoms with E-state index in [4.69, 9.17) is 18.6 Å². The summed E-state index contributed by atoms with van der Waals surface area (Å²) in [5, 5.41) is -0.0000816. The number of aryl methyl sites for hydroxylation is 1. The lowest BCUT2D eigenvalue weighted by Gasteiger charge is -2.09. The highest BCUT2D eigenvalue weighted by Crippen LogP contribution is 2.30. The minimum absolute atomic E-state index is 0.0000816. The third kappa shape index (κ3) is 3.54. The van der Waals surface area contributed by atoms with Crippen molar-refractivity contribution in [1.82, 2.24) is 9.55 Å². The van der Waals surface area contributed by atoms with E-state index in [-0.39, 0.29) is 41.4 Å². The Morgan fingerprint density at radius 1 is 1.20 bits per heavy atom. The number of hydrogen-bond acceptors (Lipinski definition) is 8. The second-order valence-corrected chi connectivity index (χ2v) is 6.75. The van der Waals surface area contributed by atoms with E-state index in [0.29, 0.717) is 30.3 Å². The van der Waals surface area contributed by atoms with Crippen LogP contribution >= 0.6 is 0 Å². The smallest absolute Gasteiger partial charge is 0.342 e. The van der Waals surface area contributed by atoms with Crippen LogP contribution in [-0.2, 0) is 11.3 Å². The number of hydrogen-bond donors (Lipinski definition) is 0. The maximum atomic E-state index is 13.0. The lowest BCUT2D eigenvalue weighted by molar-refractivity contribution is 0.0526. The molecule has 2 aromatic heterocycles. The van der Waals surface area contributed by atoms with Crippen molar-refractivity contribution >= 4 is 22.9 Å². The SMILES string of the molecule is CCOC(=O)c1c(C)oc2ncn(CC(=O)c3ccc4c(c3)OCCCO4)c(=O)c12. The number of furan rings is 1. The summed E-state index contributed by atoms with van der Waals surface area (Å²) >= 11 is 0. The largest absolute Gasteiger partial charge is 0.490 e. The van der Waals surface area contributed by atoms with E-state index in [2.05, 4.69) is 4.98 Å². The minimum Gasteiger partial charge on any atom is -0.490 e. The Hall–Kier alpha value is -3.62. The van der Waals surface area contributed by atoms with Crippen LogP contribution in [0.25, 0.3) is 11.1 Å². The second-order valence-electron chi connectivity index (χ2n) is 6.75. The highest BCUT2D eigenvalue weighted by molar-refractivity contribution is 6.03. The van der Waals surface area contributed by atoms with Crippen LogP contribution in [0.3, 0.4) is 0 Å². The molecule has 1 aliphatic heterocycles. The molecule has 0 amide bonds. The molecule has 30 heavy (non-hydrogen) atoms. The van der Waals surface area contributed by atoms with E-state index < -0.39 is 11.5 Å². The Bertz CT molecular complexity index is 1190. The molecule has 0 radical (unpaired) electrons. The summed E-state index contributed by atoms with van der Waals surface area (Å²) in [6.07, 6.45) is 1.98. The molecule has 0 unspecified atom stereocenters. The van der Waals surface area contributed by atoms with Gasteiger partial charge in [0.05, 0.1) is 26.4 Å². The van der Waals surface area contributed by atoms with E-state index in [1.54, 1.807) is 32.0 Å². The van der Waals surface area contributed by atoms with Crippen LogP contribution in [0.15, 0.2) is 33.7 Å². The maximum absolute atomic E-state index is 13.0. The van der Waals surface area contributed by atoms with Gasteiger partial charge in [-0.25, -0.2) is 9.78 Å². The normalized spacial score (nSPS) is 13.1. The number of rotatable bonds is 5. The van der Waals surface area contributed by atoms with Crippen LogP contribution in [0, 0.1) is 6.92 Å². The molecule has 0 fully saturated rings. The zero-order chi connectivity index (χ0) is 21.3. The van der Waals surface area contributed by atoms with Gasteiger partial charge in [0.2, 0.25) is 5.71 Å². The lowest BCUT2D eigenvalue weighted by atomic mass is 10.1. The molecular weight excluding hydrogens is 392 g/mol. The summed E-state index contributed by atoms with van der Waals surface area (Å²) in [6, 6.07) is 4.90. The van der Waals surface area contributed by atoms with Gasteiger partial charge in [-0.15, -0.1) is 0 Å². The van der Waals surface area contributed by atoms with E-state index in [1.165, 1.54) is 6.33 Å². The third-order valence-corrected chi connectivity index (χ3v) is 4.72. The molecule has 9 nitrogen and oxygen atoms in total. The van der Waals surface area contributed by atoms with E-state index in [9.17, 15) is 14.4 Å². The molecule has 3 aromatic rings. The van der Waals surface area contributed by atoms with Crippen LogP contribution in [-0.4, -0.2) is 41.1 Å². The van der Waals surface area contributed by atoms with Crippen molar-refractivity contribution in [3.63, 3.8) is 0 Å². The fraction of sp³-hybridized carbons (Fsp3) is 0.333. The zero-order valence-corrected chi connectivity index (χ0v) is 16.6. The van der Waals surface area contributed by atoms with Gasteiger partial charge in [-0.1, -0.05) is 0 Å². The standard InChI is InChI=1S/C21H20N2O7/c1-3-27-21(26)17-12(2)30-19-18(17)20(25)23(11-22-19)10-14(24)13-5-6-15-16(9-13)29-8-4-7-28-15/h5-6,9,11H,3-4,7-8,10H2,1-2H3. The molecule has 0 bridgehead atoms. The van der Waals surface area contributed by atoms with Gasteiger partial charge in [-0.2, -0.15) is 0 Å². The maximum Gasteiger partial charge on any atom is 0.342 e. The molecule has 0 aliphatic carbocycles. The van der Waals surface area contributed by atoms with Crippen molar-refractivity contribution in [3.8, 4) is 11.5 Å². The number of ketones is 1. The monoisotopic (exact) mass is 412 g/mol. The van der Waals surface area contributed by atoms with Crippen LogP contribution in [0.5, 0.6) is 11.5 Å². The zero-order valence-electron chi connectivity index (χ0n) is 16.6. The topological polar surface area (TPSA) is 110 Å². The number of carbonyl (C=O) groups is 2. The Kier molecular flexibility index (Phi) is 5.26. The summed E-state index contributed by atoms with van der Waals surface area (Å²) < 4.78 is 22.8. The molecule has 4 rings (SSSR count). The number of fused-ring (bicyclic) bond motifs is 2. The van der Waals surface area contributed by atoms with Gasteiger partial charge < -0.3 is 18.6 Å². The molecule has 0 atom stereocenters. The van der Waals surface area contributed by atoms with Crippen molar-refractivity contribution in [2.75, 3.05) is 19.8 Å². The Balaban J connectivity index is 1.67. The predicted octanol–water partition coefficient (Wildman–Crippen LogP) is 2.52. The van der Waals surface area contributed by atoms with E-state index in [0.717, 1.165) is 11.0 Å². The highest BCUT2D eigenvalue weighted by Gasteiger charge is 2.24. The Morgan fingerprint density at radius 2 is 1.97 bits per heavy atom. The van der Waals surface area contributed by atoms with Crippen molar-refractivity contribution in [2.24, 2.45) is 0 Å².